The van der Waals surface area contributed by atoms with Crippen LogP contribution in [0.5, 0.6) is 0 Å². The molecule has 1 aliphatic heterocycles. The van der Waals surface area contributed by atoms with Crippen LogP contribution in [0.1, 0.15) is 18.4 Å². The Morgan fingerprint density at radius 1 is 1.36 bits per heavy atom. The molecule has 2 aliphatic rings. The Morgan fingerprint density at radius 2 is 2.14 bits per heavy atom. The summed E-state index contributed by atoms with van der Waals surface area (Å²) in [6.07, 6.45) is 1.97. The van der Waals surface area contributed by atoms with Crippen LogP contribution in [-0.2, 0) is 0 Å². The predicted octanol–water partition coefficient (Wildman–Crippen LogP) is 2.48. The van der Waals surface area contributed by atoms with E-state index in [0.29, 0.717) is 16.6 Å². The van der Waals surface area contributed by atoms with Gasteiger partial charge in [-0.3, -0.25) is 0 Å². The van der Waals surface area contributed by atoms with E-state index in [1.54, 1.807) is 17.0 Å². The van der Waals surface area contributed by atoms with Gasteiger partial charge in [-0.2, -0.15) is 0 Å². The fourth-order valence-electron chi connectivity index (χ4n) is 2.91. The maximum absolute atomic E-state index is 11.6. The van der Waals surface area contributed by atoms with Crippen LogP contribution in [-0.4, -0.2) is 36.6 Å². The van der Waals surface area contributed by atoms with E-state index in [1.807, 2.05) is 6.07 Å². The Balaban J connectivity index is 1.83. The third-order valence-electron chi connectivity index (χ3n) is 4.33. The summed E-state index contributed by atoms with van der Waals surface area (Å²) in [4.78, 5) is 13.4. The van der Waals surface area contributed by atoms with Gasteiger partial charge in [-0.05, 0) is 31.0 Å². The number of hydrogen-bond acceptors (Lipinski definition) is 2. The van der Waals surface area contributed by atoms with E-state index in [1.165, 1.54) is 0 Å². The zero-order valence-electron chi connectivity index (χ0n) is 12.0. The first-order chi connectivity index (χ1) is 10.5. The molecule has 1 aliphatic carbocycles. The summed E-state index contributed by atoms with van der Waals surface area (Å²) in [5, 5.41) is 4.34. The first-order valence-electron chi connectivity index (χ1n) is 7.27. The number of hydrogen-bond donors (Lipinski definition) is 2. The highest BCUT2D eigenvalue weighted by molar-refractivity contribution is 6.42. The Morgan fingerprint density at radius 3 is 2.77 bits per heavy atom. The van der Waals surface area contributed by atoms with Crippen molar-refractivity contribution in [2.24, 2.45) is 11.1 Å². The Hall–Kier alpha value is -1.41. The molecule has 1 saturated carbocycles. The summed E-state index contributed by atoms with van der Waals surface area (Å²) in [6.45, 7) is 2.14. The molecule has 2 amide bonds. The third-order valence-corrected chi connectivity index (χ3v) is 5.07. The van der Waals surface area contributed by atoms with Crippen LogP contribution in [0.25, 0.3) is 0 Å². The van der Waals surface area contributed by atoms with Crippen molar-refractivity contribution in [3.8, 4) is 11.8 Å². The third kappa shape index (κ3) is 3.03. The molecule has 1 aromatic carbocycles. The highest BCUT2D eigenvalue weighted by Gasteiger charge is 2.52. The van der Waals surface area contributed by atoms with Gasteiger partial charge >= 0.3 is 6.03 Å². The number of rotatable bonds is 1. The summed E-state index contributed by atoms with van der Waals surface area (Å²) in [5.74, 6) is 6.52. The van der Waals surface area contributed by atoms with Crippen LogP contribution in [0, 0.1) is 17.3 Å². The molecule has 116 valence electrons. The van der Waals surface area contributed by atoms with Crippen LogP contribution in [0.2, 0.25) is 10.0 Å². The molecule has 1 aromatic rings. The Labute approximate surface area is 139 Å². The van der Waals surface area contributed by atoms with Crippen LogP contribution >= 0.6 is 23.2 Å². The maximum atomic E-state index is 11.6. The van der Waals surface area contributed by atoms with Gasteiger partial charge in [0.1, 0.15) is 0 Å². The number of primary amides is 1. The molecular weight excluding hydrogens is 321 g/mol. The molecule has 0 radical (unpaired) electrons. The quantitative estimate of drug-likeness (QED) is 0.773. The smallest absolute Gasteiger partial charge is 0.315 e. The number of nitrogens with zero attached hydrogens (tertiary/aromatic N) is 1. The molecule has 1 unspecified atom stereocenters. The minimum Gasteiger partial charge on any atom is -0.351 e. The van der Waals surface area contributed by atoms with Gasteiger partial charge in [-0.25, -0.2) is 4.79 Å². The van der Waals surface area contributed by atoms with Crippen LogP contribution in [0.4, 0.5) is 4.79 Å². The molecule has 3 rings (SSSR count). The highest BCUT2D eigenvalue weighted by atomic mass is 35.5. The lowest BCUT2D eigenvalue weighted by molar-refractivity contribution is 0.142. The first-order valence-corrected chi connectivity index (χ1v) is 8.02. The lowest BCUT2D eigenvalue weighted by Crippen LogP contribution is -2.58. The minimum absolute atomic E-state index is 0.0361. The van der Waals surface area contributed by atoms with Crippen LogP contribution in [0.15, 0.2) is 18.2 Å². The van der Waals surface area contributed by atoms with Crippen LogP contribution in [0.3, 0.4) is 0 Å². The molecule has 0 spiro atoms. The highest BCUT2D eigenvalue weighted by Crippen LogP contribution is 2.50. The number of piperazine rings is 1. The van der Waals surface area contributed by atoms with Gasteiger partial charge in [0.2, 0.25) is 0 Å². The second-order valence-electron chi connectivity index (χ2n) is 5.79. The van der Waals surface area contributed by atoms with Gasteiger partial charge in [0.05, 0.1) is 21.5 Å². The number of urea groups is 1. The van der Waals surface area contributed by atoms with Crippen LogP contribution < -0.4 is 11.1 Å². The van der Waals surface area contributed by atoms with Crippen molar-refractivity contribution in [2.45, 2.75) is 18.9 Å². The molecule has 1 saturated heterocycles. The largest absolute Gasteiger partial charge is 0.351 e. The summed E-state index contributed by atoms with van der Waals surface area (Å²) in [7, 11) is 0. The monoisotopic (exact) mass is 337 g/mol. The van der Waals surface area contributed by atoms with E-state index in [0.717, 1.165) is 31.5 Å². The number of carbonyl (C=O) groups is 1. The van der Waals surface area contributed by atoms with Crippen molar-refractivity contribution in [3.05, 3.63) is 33.8 Å². The summed E-state index contributed by atoms with van der Waals surface area (Å²) in [5.41, 5.74) is 6.18. The molecule has 0 aromatic heterocycles. The second-order valence-corrected chi connectivity index (χ2v) is 6.60. The fourth-order valence-corrected chi connectivity index (χ4v) is 3.21. The summed E-state index contributed by atoms with van der Waals surface area (Å²) < 4.78 is 0. The zero-order chi connectivity index (χ0) is 15.7. The molecule has 2 fully saturated rings. The molecule has 3 N–H and O–H groups in total. The van der Waals surface area contributed by atoms with E-state index in [2.05, 4.69) is 17.2 Å². The van der Waals surface area contributed by atoms with Crippen molar-refractivity contribution in [3.63, 3.8) is 0 Å². The average Bonchev–Trinajstić information content (AvgIpc) is 3.30. The van der Waals surface area contributed by atoms with Crippen molar-refractivity contribution in [2.75, 3.05) is 19.6 Å². The topological polar surface area (TPSA) is 58.4 Å². The van der Waals surface area contributed by atoms with Gasteiger partial charge < -0.3 is 16.0 Å². The Bertz CT molecular complexity index is 661. The first kappa shape index (κ1) is 15.5. The van der Waals surface area contributed by atoms with E-state index in [4.69, 9.17) is 28.9 Å². The lowest BCUT2D eigenvalue weighted by atomic mass is 9.93. The van der Waals surface area contributed by atoms with E-state index >= 15 is 0 Å². The number of benzene rings is 1. The number of nitrogens with two attached hydrogens (primary N) is 1. The molecule has 1 heterocycles. The number of halogens is 2. The maximum Gasteiger partial charge on any atom is 0.315 e. The van der Waals surface area contributed by atoms with Crippen molar-refractivity contribution < 1.29 is 4.79 Å². The number of nitrogens with one attached hydrogen (secondary N) is 1. The molecule has 6 heteroatoms. The molecule has 22 heavy (non-hydrogen) atoms. The molecule has 4 nitrogen and oxygen atoms in total. The van der Waals surface area contributed by atoms with Gasteiger partial charge in [0.25, 0.3) is 0 Å². The SMILES string of the molecule is NC(=O)N1CCNCC1C1(C#Cc2ccc(Cl)c(Cl)c2)CC1. The van der Waals surface area contributed by atoms with Crippen molar-refractivity contribution >= 4 is 29.2 Å². The summed E-state index contributed by atoms with van der Waals surface area (Å²) in [6, 6.07) is 5.02. The standard InChI is InChI=1S/C16H17Cl2N3O/c17-12-2-1-11(9-13(12)18)3-4-16(5-6-16)14-10-20-7-8-21(14)15(19)22/h1-2,9,14,20H,5-8,10H2,(H2,19,22). The Kier molecular flexibility index (Phi) is 4.22. The summed E-state index contributed by atoms with van der Waals surface area (Å²) >= 11 is 11.9. The van der Waals surface area contributed by atoms with Gasteiger partial charge in [0, 0.05) is 25.2 Å². The van der Waals surface area contributed by atoms with Crippen molar-refractivity contribution in [1.29, 1.82) is 0 Å². The molecular formula is C16H17Cl2N3O. The van der Waals surface area contributed by atoms with Crippen molar-refractivity contribution in [1.82, 2.24) is 10.2 Å². The molecule has 0 bridgehead atoms. The normalized spacial score (nSPS) is 22.6. The fraction of sp³-hybridized carbons (Fsp3) is 0.438. The van der Waals surface area contributed by atoms with E-state index in [9.17, 15) is 4.79 Å². The van der Waals surface area contributed by atoms with Gasteiger partial charge in [-0.15, -0.1) is 0 Å². The second kappa shape index (κ2) is 6.00. The number of carbonyl (C=O) groups excluding carboxylic acids is 1. The zero-order valence-corrected chi connectivity index (χ0v) is 13.5. The molecule has 1 atom stereocenters. The van der Waals surface area contributed by atoms with Gasteiger partial charge in [0.15, 0.2) is 0 Å². The minimum atomic E-state index is -0.367. The van der Waals surface area contributed by atoms with Gasteiger partial charge in [-0.1, -0.05) is 35.0 Å². The lowest BCUT2D eigenvalue weighted by Gasteiger charge is -2.38. The van der Waals surface area contributed by atoms with E-state index < -0.39 is 0 Å². The average molecular weight is 338 g/mol. The predicted molar refractivity (Wildman–Crippen MR) is 88.0 cm³/mol. The van der Waals surface area contributed by atoms with E-state index in [-0.39, 0.29) is 17.5 Å². The number of amides is 2.